The number of hydrogen-bond donors (Lipinski definition) is 0. The maximum Gasteiger partial charge on any atom is 0.0148 e. The molecule has 0 aromatic carbocycles. The Labute approximate surface area is 66.2 Å². The molecule has 0 aromatic rings. The fourth-order valence-electron chi connectivity index (χ4n) is 1.48. The largest absolute Gasteiger partial charge is 0.0891 e. The average molecular weight is 190 g/mol. The van der Waals surface area contributed by atoms with E-state index in [1.54, 1.807) is 0 Å². The van der Waals surface area contributed by atoms with Crippen molar-refractivity contribution in [3.63, 3.8) is 0 Å². The Morgan fingerprint density at radius 1 is 1.56 bits per heavy atom. The van der Waals surface area contributed by atoms with Crippen molar-refractivity contribution in [3.05, 3.63) is 6.92 Å². The third kappa shape index (κ3) is 1.96. The van der Waals surface area contributed by atoms with E-state index in [1.165, 1.54) is 19.3 Å². The van der Waals surface area contributed by atoms with Crippen LogP contribution in [0.15, 0.2) is 0 Å². The first kappa shape index (κ1) is 7.59. The molecular weight excluding hydrogens is 176 g/mol. The van der Waals surface area contributed by atoms with E-state index in [0.29, 0.717) is 5.92 Å². The van der Waals surface area contributed by atoms with Crippen LogP contribution in [0.2, 0.25) is 0 Å². The van der Waals surface area contributed by atoms with Crippen molar-refractivity contribution < 1.29 is 0 Å². The Hall–Kier alpha value is 0.480. The summed E-state index contributed by atoms with van der Waals surface area (Å²) in [6, 6.07) is 0. The first-order valence-corrected chi connectivity index (χ1v) is 4.59. The summed E-state index contributed by atoms with van der Waals surface area (Å²) < 4.78 is 0. The summed E-state index contributed by atoms with van der Waals surface area (Å²) >= 11 is 3.62. The lowest BCUT2D eigenvalue weighted by molar-refractivity contribution is 0.432. The Morgan fingerprint density at radius 3 is 2.44 bits per heavy atom. The molecule has 53 valence electrons. The highest BCUT2D eigenvalue weighted by atomic mass is 79.9. The van der Waals surface area contributed by atoms with Crippen LogP contribution < -0.4 is 0 Å². The highest BCUT2D eigenvalue weighted by molar-refractivity contribution is 9.09. The molecule has 3 atom stereocenters. The second kappa shape index (κ2) is 3.05. The van der Waals surface area contributed by atoms with Gasteiger partial charge in [-0.05, 0) is 31.1 Å². The highest BCUT2D eigenvalue weighted by Crippen LogP contribution is 2.34. The molecule has 9 heavy (non-hydrogen) atoms. The van der Waals surface area contributed by atoms with Gasteiger partial charge in [0.05, 0.1) is 0 Å². The number of halogens is 1. The molecule has 0 saturated heterocycles. The molecule has 0 heterocycles. The predicted molar refractivity (Wildman–Crippen MR) is 44.6 cm³/mol. The second-order valence-electron chi connectivity index (χ2n) is 3.15. The van der Waals surface area contributed by atoms with Gasteiger partial charge in [-0.15, -0.1) is 0 Å². The second-order valence-corrected chi connectivity index (χ2v) is 4.44. The standard InChI is InChI=1S/C8H14Br/c1-6(2)7-3-4-8(9)5-7/h6-8H,1,3-5H2,2H3. The quantitative estimate of drug-likeness (QED) is 0.557. The zero-order chi connectivity index (χ0) is 6.85. The Balaban J connectivity index is 2.30. The van der Waals surface area contributed by atoms with Gasteiger partial charge in [0.1, 0.15) is 0 Å². The molecule has 1 saturated carbocycles. The van der Waals surface area contributed by atoms with Crippen molar-refractivity contribution in [2.75, 3.05) is 0 Å². The lowest BCUT2D eigenvalue weighted by Gasteiger charge is -2.11. The summed E-state index contributed by atoms with van der Waals surface area (Å²) in [6.07, 6.45) is 4.07. The van der Waals surface area contributed by atoms with Crippen molar-refractivity contribution in [1.29, 1.82) is 0 Å². The molecule has 0 spiro atoms. The number of alkyl halides is 1. The third-order valence-electron chi connectivity index (χ3n) is 2.21. The molecule has 3 unspecified atom stereocenters. The first-order chi connectivity index (χ1) is 4.20. The maximum atomic E-state index is 4.03. The minimum Gasteiger partial charge on any atom is -0.0891 e. The van der Waals surface area contributed by atoms with E-state index in [-0.39, 0.29) is 0 Å². The third-order valence-corrected chi connectivity index (χ3v) is 3.05. The lowest BCUT2D eigenvalue weighted by Crippen LogP contribution is -2.03. The summed E-state index contributed by atoms with van der Waals surface area (Å²) in [6.45, 7) is 6.25. The highest BCUT2D eigenvalue weighted by Gasteiger charge is 2.24. The van der Waals surface area contributed by atoms with Gasteiger partial charge in [0.15, 0.2) is 0 Å². The van der Waals surface area contributed by atoms with E-state index in [2.05, 4.69) is 29.8 Å². The van der Waals surface area contributed by atoms with Gasteiger partial charge in [0.2, 0.25) is 0 Å². The van der Waals surface area contributed by atoms with Crippen molar-refractivity contribution in [2.24, 2.45) is 11.8 Å². The van der Waals surface area contributed by atoms with Gasteiger partial charge in [-0.2, -0.15) is 0 Å². The zero-order valence-corrected chi connectivity index (χ0v) is 7.52. The fourth-order valence-corrected chi connectivity index (χ4v) is 2.22. The van der Waals surface area contributed by atoms with E-state index < -0.39 is 0 Å². The summed E-state index contributed by atoms with van der Waals surface area (Å²) in [5.74, 6) is 1.53. The molecule has 0 nitrogen and oxygen atoms in total. The number of hydrogen-bond acceptors (Lipinski definition) is 0. The summed E-state index contributed by atoms with van der Waals surface area (Å²) in [5.41, 5.74) is 0. The van der Waals surface area contributed by atoms with E-state index >= 15 is 0 Å². The molecule has 0 bridgehead atoms. The molecule has 0 aliphatic heterocycles. The molecule has 1 aliphatic carbocycles. The van der Waals surface area contributed by atoms with E-state index in [1.807, 2.05) is 0 Å². The number of rotatable bonds is 1. The summed E-state index contributed by atoms with van der Waals surface area (Å²) in [7, 11) is 0. The van der Waals surface area contributed by atoms with Gasteiger partial charge < -0.3 is 0 Å². The van der Waals surface area contributed by atoms with Crippen LogP contribution in [0.4, 0.5) is 0 Å². The van der Waals surface area contributed by atoms with Crippen molar-refractivity contribution in [1.82, 2.24) is 0 Å². The molecule has 1 aliphatic rings. The van der Waals surface area contributed by atoms with Gasteiger partial charge >= 0.3 is 0 Å². The fraction of sp³-hybridized carbons (Fsp3) is 0.875. The van der Waals surface area contributed by atoms with Gasteiger partial charge in [0.25, 0.3) is 0 Å². The van der Waals surface area contributed by atoms with Crippen LogP contribution in [-0.2, 0) is 0 Å². The van der Waals surface area contributed by atoms with Crippen LogP contribution in [0.1, 0.15) is 26.2 Å². The van der Waals surface area contributed by atoms with Gasteiger partial charge in [-0.25, -0.2) is 0 Å². The topological polar surface area (TPSA) is 0 Å². The molecule has 1 fully saturated rings. The lowest BCUT2D eigenvalue weighted by atomic mass is 9.95. The molecule has 1 rings (SSSR count). The summed E-state index contributed by atoms with van der Waals surface area (Å²) in [5, 5.41) is 0. The molecular formula is C8H14Br. The van der Waals surface area contributed by atoms with Crippen LogP contribution in [0.5, 0.6) is 0 Å². The normalized spacial score (nSPS) is 36.0. The Morgan fingerprint density at radius 2 is 2.22 bits per heavy atom. The van der Waals surface area contributed by atoms with Crippen LogP contribution in [0.25, 0.3) is 0 Å². The van der Waals surface area contributed by atoms with Gasteiger partial charge in [-0.3, -0.25) is 0 Å². The van der Waals surface area contributed by atoms with Crippen molar-refractivity contribution in [2.45, 2.75) is 31.0 Å². The SMILES string of the molecule is [CH2]C(C)C1CCC(Br)C1. The van der Waals surface area contributed by atoms with E-state index in [9.17, 15) is 0 Å². The molecule has 1 heteroatoms. The van der Waals surface area contributed by atoms with Crippen LogP contribution in [0.3, 0.4) is 0 Å². The van der Waals surface area contributed by atoms with Crippen LogP contribution in [0, 0.1) is 18.8 Å². The molecule has 0 amide bonds. The summed E-state index contributed by atoms with van der Waals surface area (Å²) in [4.78, 5) is 0.784. The van der Waals surface area contributed by atoms with Crippen molar-refractivity contribution in [3.8, 4) is 0 Å². The molecule has 0 aromatic heterocycles. The predicted octanol–water partition coefficient (Wildman–Crippen LogP) is 3.02. The Kier molecular flexibility index (Phi) is 2.57. The monoisotopic (exact) mass is 189 g/mol. The molecule has 0 N–H and O–H groups in total. The van der Waals surface area contributed by atoms with Gasteiger partial charge in [-0.1, -0.05) is 29.8 Å². The van der Waals surface area contributed by atoms with E-state index in [0.717, 1.165) is 10.7 Å². The minimum atomic E-state index is 0.646. The average Bonchev–Trinajstić information content (AvgIpc) is 2.14. The minimum absolute atomic E-state index is 0.646. The van der Waals surface area contributed by atoms with Crippen LogP contribution in [-0.4, -0.2) is 4.83 Å². The Bertz CT molecular complexity index is 88.6. The maximum absolute atomic E-state index is 4.03. The zero-order valence-electron chi connectivity index (χ0n) is 5.94. The first-order valence-electron chi connectivity index (χ1n) is 3.67. The smallest absolute Gasteiger partial charge is 0.0148 e. The van der Waals surface area contributed by atoms with Crippen molar-refractivity contribution >= 4 is 15.9 Å². The van der Waals surface area contributed by atoms with E-state index in [4.69, 9.17) is 0 Å². The molecule has 1 radical (unpaired) electrons. The van der Waals surface area contributed by atoms with Gasteiger partial charge in [0, 0.05) is 4.83 Å². The van der Waals surface area contributed by atoms with Crippen LogP contribution >= 0.6 is 15.9 Å².